The molecule has 168 valence electrons. The van der Waals surface area contributed by atoms with Gasteiger partial charge in [0.1, 0.15) is 0 Å². The van der Waals surface area contributed by atoms with Crippen LogP contribution in [0, 0.1) is 0 Å². The van der Waals surface area contributed by atoms with E-state index < -0.39 is 0 Å². The van der Waals surface area contributed by atoms with Crippen molar-refractivity contribution in [3.05, 3.63) is 23.8 Å². The highest BCUT2D eigenvalue weighted by molar-refractivity contribution is 14.0. The van der Waals surface area contributed by atoms with Gasteiger partial charge in [0.15, 0.2) is 17.5 Å². The predicted molar refractivity (Wildman–Crippen MR) is 134 cm³/mol. The van der Waals surface area contributed by atoms with E-state index in [1.165, 1.54) is 44.2 Å². The van der Waals surface area contributed by atoms with Crippen LogP contribution < -0.4 is 14.8 Å². The van der Waals surface area contributed by atoms with Gasteiger partial charge >= 0.3 is 0 Å². The van der Waals surface area contributed by atoms with Gasteiger partial charge in [0.05, 0.1) is 14.2 Å². The minimum atomic E-state index is 0. The number of aliphatic imine (C=N–C) groups is 1. The van der Waals surface area contributed by atoms with E-state index in [2.05, 4.69) is 47.3 Å². The lowest BCUT2D eigenvalue weighted by Crippen LogP contribution is -2.40. The zero-order chi connectivity index (χ0) is 20.8. The molecule has 0 radical (unpaired) electrons. The lowest BCUT2D eigenvalue weighted by atomic mass is 10.1. The minimum Gasteiger partial charge on any atom is -0.493 e. The van der Waals surface area contributed by atoms with Crippen LogP contribution >= 0.6 is 24.0 Å². The molecule has 1 aromatic carbocycles. The Balaban J connectivity index is 0.00000784. The van der Waals surface area contributed by atoms with Crippen molar-refractivity contribution in [2.45, 2.75) is 38.5 Å². The highest BCUT2D eigenvalue weighted by Crippen LogP contribution is 2.27. The van der Waals surface area contributed by atoms with Gasteiger partial charge in [-0.3, -0.25) is 4.99 Å². The number of ether oxygens (including phenoxy) is 2. The van der Waals surface area contributed by atoms with Gasteiger partial charge < -0.3 is 24.6 Å². The summed E-state index contributed by atoms with van der Waals surface area (Å²) < 4.78 is 10.7. The Morgan fingerprint density at radius 2 is 1.59 bits per heavy atom. The number of nitrogens with zero attached hydrogens (tertiary/aromatic N) is 3. The van der Waals surface area contributed by atoms with E-state index in [0.717, 1.165) is 37.0 Å². The first-order valence-corrected chi connectivity index (χ1v) is 10.3. The molecule has 0 aliphatic heterocycles. The van der Waals surface area contributed by atoms with Gasteiger partial charge in [-0.1, -0.05) is 25.3 Å². The van der Waals surface area contributed by atoms with Gasteiger partial charge in [0, 0.05) is 27.2 Å². The van der Waals surface area contributed by atoms with Gasteiger partial charge in [-0.25, -0.2) is 0 Å². The summed E-state index contributed by atoms with van der Waals surface area (Å²) in [5.74, 6) is 2.49. The maximum Gasteiger partial charge on any atom is 0.193 e. The fraction of sp³-hybridized carbons (Fsp3) is 0.682. The fourth-order valence-electron chi connectivity index (χ4n) is 3.11. The lowest BCUT2D eigenvalue weighted by Gasteiger charge is -2.22. The normalized spacial score (nSPS) is 11.2. The number of likely N-dealkylation sites (N-methyl/N-ethyl adjacent to an activating group) is 1. The number of nitrogens with one attached hydrogen (secondary N) is 1. The van der Waals surface area contributed by atoms with Gasteiger partial charge in [0.25, 0.3) is 0 Å². The summed E-state index contributed by atoms with van der Waals surface area (Å²) in [7, 11) is 11.5. The standard InChI is InChI=1S/C22H40N4O2.HI/c1-23-22(24-15-10-8-7-9-11-16-25(2)3)26(4)17-14-19-12-13-20(27-5)21(18-19)28-6;/h12-13,18H,7-11,14-17H2,1-6H3,(H,23,24);1H. The zero-order valence-corrected chi connectivity index (χ0v) is 21.5. The minimum absolute atomic E-state index is 0. The van der Waals surface area contributed by atoms with Crippen LogP contribution in [0.15, 0.2) is 23.2 Å². The first-order chi connectivity index (χ1) is 13.5. The second-order valence-electron chi connectivity index (χ2n) is 7.41. The second-order valence-corrected chi connectivity index (χ2v) is 7.41. The van der Waals surface area contributed by atoms with Crippen LogP contribution in [0.25, 0.3) is 0 Å². The quantitative estimate of drug-likeness (QED) is 0.185. The molecule has 0 aromatic heterocycles. The Kier molecular flexibility index (Phi) is 15.9. The average molecular weight is 521 g/mol. The number of hydrogen-bond acceptors (Lipinski definition) is 4. The summed E-state index contributed by atoms with van der Waals surface area (Å²) in [4.78, 5) is 8.84. The summed E-state index contributed by atoms with van der Waals surface area (Å²) in [6.07, 6.45) is 7.29. The van der Waals surface area contributed by atoms with Crippen molar-refractivity contribution >= 4 is 29.9 Å². The van der Waals surface area contributed by atoms with Crippen LogP contribution in [0.3, 0.4) is 0 Å². The van der Waals surface area contributed by atoms with Crippen molar-refractivity contribution in [2.24, 2.45) is 4.99 Å². The lowest BCUT2D eigenvalue weighted by molar-refractivity contribution is 0.354. The van der Waals surface area contributed by atoms with E-state index >= 15 is 0 Å². The number of methoxy groups -OCH3 is 2. The molecule has 6 nitrogen and oxygen atoms in total. The van der Waals surface area contributed by atoms with E-state index in [4.69, 9.17) is 9.47 Å². The van der Waals surface area contributed by atoms with Crippen molar-refractivity contribution in [1.29, 1.82) is 0 Å². The molecule has 0 bridgehead atoms. The first kappa shape index (κ1) is 27.8. The molecule has 0 fully saturated rings. The summed E-state index contributed by atoms with van der Waals surface area (Å²) in [5.41, 5.74) is 1.22. The number of halogens is 1. The van der Waals surface area contributed by atoms with Gasteiger partial charge in [-0.2, -0.15) is 0 Å². The van der Waals surface area contributed by atoms with Crippen molar-refractivity contribution in [3.8, 4) is 11.5 Å². The Morgan fingerprint density at radius 3 is 2.21 bits per heavy atom. The molecule has 0 unspecified atom stereocenters. The van der Waals surface area contributed by atoms with E-state index in [-0.39, 0.29) is 24.0 Å². The molecule has 0 aliphatic carbocycles. The van der Waals surface area contributed by atoms with Crippen LogP contribution in [0.4, 0.5) is 0 Å². The van der Waals surface area contributed by atoms with Crippen LogP contribution in [0.1, 0.15) is 37.7 Å². The first-order valence-electron chi connectivity index (χ1n) is 10.3. The van der Waals surface area contributed by atoms with Crippen LogP contribution in [-0.4, -0.2) is 77.8 Å². The molecule has 1 rings (SSSR count). The van der Waals surface area contributed by atoms with Crippen molar-refractivity contribution < 1.29 is 9.47 Å². The van der Waals surface area contributed by atoms with Crippen LogP contribution in [0.5, 0.6) is 11.5 Å². The van der Waals surface area contributed by atoms with Crippen LogP contribution in [-0.2, 0) is 6.42 Å². The largest absolute Gasteiger partial charge is 0.493 e. The molecule has 1 aromatic rings. The van der Waals surface area contributed by atoms with Gasteiger partial charge in [-0.15, -0.1) is 24.0 Å². The molecule has 1 N–H and O–H groups in total. The number of benzene rings is 1. The highest BCUT2D eigenvalue weighted by atomic mass is 127. The Morgan fingerprint density at radius 1 is 0.931 bits per heavy atom. The molecule has 0 saturated heterocycles. The zero-order valence-electron chi connectivity index (χ0n) is 19.2. The topological polar surface area (TPSA) is 49.3 Å². The molecule has 29 heavy (non-hydrogen) atoms. The third kappa shape index (κ3) is 11.5. The monoisotopic (exact) mass is 520 g/mol. The molecular formula is C22H41IN4O2. The highest BCUT2D eigenvalue weighted by Gasteiger charge is 2.08. The summed E-state index contributed by atoms with van der Waals surface area (Å²) in [5, 5.41) is 3.48. The van der Waals surface area contributed by atoms with Crippen molar-refractivity contribution in [3.63, 3.8) is 0 Å². The molecule has 0 amide bonds. The maximum atomic E-state index is 5.39. The fourth-order valence-corrected chi connectivity index (χ4v) is 3.11. The number of unbranched alkanes of at least 4 members (excludes halogenated alkanes) is 4. The Labute approximate surface area is 195 Å². The van der Waals surface area contributed by atoms with Gasteiger partial charge in [0.2, 0.25) is 0 Å². The third-order valence-electron chi connectivity index (χ3n) is 4.82. The number of guanidine groups is 1. The summed E-state index contributed by atoms with van der Waals surface area (Å²) in [6, 6.07) is 6.08. The van der Waals surface area contributed by atoms with E-state index in [9.17, 15) is 0 Å². The van der Waals surface area contributed by atoms with Crippen molar-refractivity contribution in [2.75, 3.05) is 62.0 Å². The smallest absolute Gasteiger partial charge is 0.193 e. The number of rotatable bonds is 13. The SMILES string of the molecule is CN=C(NCCCCCCCN(C)C)N(C)CCc1ccc(OC)c(OC)c1.I. The molecule has 0 spiro atoms. The van der Waals surface area contributed by atoms with Crippen molar-refractivity contribution in [1.82, 2.24) is 15.1 Å². The molecule has 0 atom stereocenters. The second kappa shape index (κ2) is 16.6. The average Bonchev–Trinajstić information content (AvgIpc) is 2.70. The number of hydrogen-bond donors (Lipinski definition) is 1. The van der Waals surface area contributed by atoms with E-state index in [1.807, 2.05) is 19.2 Å². The summed E-state index contributed by atoms with van der Waals surface area (Å²) in [6.45, 7) is 3.05. The van der Waals surface area contributed by atoms with Crippen LogP contribution in [0.2, 0.25) is 0 Å². The Bertz CT molecular complexity index is 582. The molecular weight excluding hydrogens is 479 g/mol. The predicted octanol–water partition coefficient (Wildman–Crippen LogP) is 3.88. The van der Waals surface area contributed by atoms with E-state index in [1.54, 1.807) is 14.2 Å². The molecule has 0 saturated carbocycles. The third-order valence-corrected chi connectivity index (χ3v) is 4.82. The van der Waals surface area contributed by atoms with Gasteiger partial charge in [-0.05, 0) is 57.6 Å². The maximum absolute atomic E-state index is 5.39. The summed E-state index contributed by atoms with van der Waals surface area (Å²) >= 11 is 0. The molecule has 7 heteroatoms. The van der Waals surface area contributed by atoms with E-state index in [0.29, 0.717) is 0 Å². The molecule has 0 heterocycles. The molecule has 0 aliphatic rings. The Hall–Kier alpha value is -1.22.